The van der Waals surface area contributed by atoms with Crippen LogP contribution in [0.1, 0.15) is 44.6 Å². The van der Waals surface area contributed by atoms with Crippen molar-refractivity contribution in [2.75, 3.05) is 25.4 Å². The summed E-state index contributed by atoms with van der Waals surface area (Å²) in [4.78, 5) is 28.5. The van der Waals surface area contributed by atoms with Gasteiger partial charge in [-0.25, -0.2) is 9.18 Å². The number of likely N-dealkylation sites (tertiary alicyclic amines) is 1. The molecule has 2 saturated heterocycles. The molecule has 0 radical (unpaired) electrons. The van der Waals surface area contributed by atoms with Crippen LogP contribution in [0.2, 0.25) is 0 Å². The average molecular weight is 394 g/mol. The summed E-state index contributed by atoms with van der Waals surface area (Å²) in [6.07, 6.45) is 1.78. The highest BCUT2D eigenvalue weighted by Crippen LogP contribution is 2.39. The molecule has 2 heterocycles. The molecule has 1 unspecified atom stereocenters. The first-order valence-electron chi connectivity index (χ1n) is 9.46. The molecule has 3 amide bonds. The van der Waals surface area contributed by atoms with E-state index in [9.17, 15) is 14.0 Å². The fourth-order valence-corrected chi connectivity index (χ4v) is 4.75. The van der Waals surface area contributed by atoms with Crippen LogP contribution < -0.4 is 5.32 Å². The number of piperidine rings is 1. The number of halogens is 1. The van der Waals surface area contributed by atoms with Crippen molar-refractivity contribution in [2.24, 2.45) is 5.92 Å². The van der Waals surface area contributed by atoms with Crippen LogP contribution in [-0.4, -0.2) is 52.7 Å². The van der Waals surface area contributed by atoms with Crippen molar-refractivity contribution >= 4 is 23.7 Å². The van der Waals surface area contributed by atoms with E-state index in [1.807, 2.05) is 30.6 Å². The Bertz CT molecular complexity index is 681. The topological polar surface area (TPSA) is 52.7 Å². The second kappa shape index (κ2) is 8.09. The van der Waals surface area contributed by atoms with Crippen LogP contribution in [-0.2, 0) is 4.79 Å². The van der Waals surface area contributed by atoms with Gasteiger partial charge < -0.3 is 15.1 Å². The lowest BCUT2D eigenvalue weighted by Gasteiger charge is -2.36. The van der Waals surface area contributed by atoms with Crippen LogP contribution in [0.15, 0.2) is 24.3 Å². The molecule has 1 N–H and O–H groups in total. The minimum Gasteiger partial charge on any atom is -0.333 e. The molecule has 0 aliphatic carbocycles. The van der Waals surface area contributed by atoms with Crippen LogP contribution >= 0.6 is 11.8 Å². The predicted molar refractivity (Wildman–Crippen MR) is 106 cm³/mol. The van der Waals surface area contributed by atoms with E-state index in [4.69, 9.17) is 0 Å². The van der Waals surface area contributed by atoms with Crippen LogP contribution in [0.3, 0.4) is 0 Å². The number of nitrogens with zero attached hydrogens (tertiary/aromatic N) is 2. The number of nitrogens with one attached hydrogen (secondary N) is 1. The molecule has 1 atom stereocenters. The number of urea groups is 1. The Balaban J connectivity index is 1.56. The minimum absolute atomic E-state index is 0.0158. The maximum atomic E-state index is 13.2. The molecule has 0 spiro atoms. The summed E-state index contributed by atoms with van der Waals surface area (Å²) in [7, 11) is 0. The van der Waals surface area contributed by atoms with Crippen molar-refractivity contribution in [3.8, 4) is 0 Å². The minimum atomic E-state index is -0.263. The van der Waals surface area contributed by atoms with Gasteiger partial charge in [-0.1, -0.05) is 12.1 Å². The molecule has 0 bridgehead atoms. The number of hydrogen-bond acceptors (Lipinski definition) is 3. The zero-order valence-electron chi connectivity index (χ0n) is 16.2. The van der Waals surface area contributed by atoms with Gasteiger partial charge in [0.05, 0.1) is 5.75 Å². The van der Waals surface area contributed by atoms with Gasteiger partial charge in [-0.15, -0.1) is 11.8 Å². The lowest BCUT2D eigenvalue weighted by molar-refractivity contribution is -0.128. The van der Waals surface area contributed by atoms with Crippen molar-refractivity contribution in [2.45, 2.75) is 44.5 Å². The monoisotopic (exact) mass is 393 g/mol. The first-order valence-corrected chi connectivity index (χ1v) is 10.5. The van der Waals surface area contributed by atoms with Gasteiger partial charge in [0.15, 0.2) is 0 Å². The Morgan fingerprint density at radius 2 is 1.85 bits per heavy atom. The Labute approximate surface area is 164 Å². The molecule has 7 heteroatoms. The molecule has 0 aromatic heterocycles. The van der Waals surface area contributed by atoms with E-state index in [0.717, 1.165) is 18.4 Å². The Kier molecular flexibility index (Phi) is 5.99. The molecule has 1 aromatic rings. The number of thioether (sulfide) groups is 1. The van der Waals surface area contributed by atoms with Crippen LogP contribution in [0.5, 0.6) is 0 Å². The third kappa shape index (κ3) is 5.15. The summed E-state index contributed by atoms with van der Waals surface area (Å²) in [5.74, 6) is 0.728. The van der Waals surface area contributed by atoms with Crippen molar-refractivity contribution < 1.29 is 14.0 Å². The Hall–Kier alpha value is -1.76. The number of carbonyl (C=O) groups is 2. The second-order valence-corrected chi connectivity index (χ2v) is 9.44. The lowest BCUT2D eigenvalue weighted by Crippen LogP contribution is -2.51. The fraction of sp³-hybridized carbons (Fsp3) is 0.600. The molecule has 1 aromatic carbocycles. The second-order valence-electron chi connectivity index (χ2n) is 8.37. The molecule has 27 heavy (non-hydrogen) atoms. The van der Waals surface area contributed by atoms with Gasteiger partial charge in [-0.2, -0.15) is 0 Å². The summed E-state index contributed by atoms with van der Waals surface area (Å²) < 4.78 is 13.2. The van der Waals surface area contributed by atoms with E-state index in [2.05, 4.69) is 5.32 Å². The molecule has 2 aliphatic heterocycles. The van der Waals surface area contributed by atoms with E-state index >= 15 is 0 Å². The number of rotatable bonds is 3. The van der Waals surface area contributed by atoms with Gasteiger partial charge in [0.1, 0.15) is 11.2 Å². The number of amides is 3. The standard InChI is InChI=1S/C20H28FN3O2S/c1-20(2,3)22-19(26)23-10-8-14(9-11-23)12-24-17(25)13-27-18(24)15-4-6-16(21)7-5-15/h4-7,14,18H,8-13H2,1-3H3,(H,22,26). The molecule has 0 saturated carbocycles. The summed E-state index contributed by atoms with van der Waals surface area (Å²) in [6.45, 7) is 8.05. The summed E-state index contributed by atoms with van der Waals surface area (Å²) in [5.41, 5.74) is 0.726. The summed E-state index contributed by atoms with van der Waals surface area (Å²) in [6, 6.07) is 6.40. The fourth-order valence-electron chi connectivity index (χ4n) is 3.55. The van der Waals surface area contributed by atoms with Gasteiger partial charge in [0.25, 0.3) is 0 Å². The number of carbonyl (C=O) groups excluding carboxylic acids is 2. The van der Waals surface area contributed by atoms with Crippen LogP contribution in [0.25, 0.3) is 0 Å². The van der Waals surface area contributed by atoms with Gasteiger partial charge in [0.2, 0.25) is 5.91 Å². The average Bonchev–Trinajstić information content (AvgIpc) is 2.95. The van der Waals surface area contributed by atoms with Crippen molar-refractivity contribution in [3.63, 3.8) is 0 Å². The van der Waals surface area contributed by atoms with Crippen LogP contribution in [0, 0.1) is 11.7 Å². The van der Waals surface area contributed by atoms with Gasteiger partial charge in [-0.3, -0.25) is 4.79 Å². The molecule has 148 valence electrons. The predicted octanol–water partition coefficient (Wildman–Crippen LogP) is 3.62. The van der Waals surface area contributed by atoms with Gasteiger partial charge in [-0.05, 0) is 57.2 Å². The Morgan fingerprint density at radius 1 is 1.22 bits per heavy atom. The summed E-state index contributed by atoms with van der Waals surface area (Å²) in [5, 5.41) is 2.96. The molecular formula is C20H28FN3O2S. The SMILES string of the molecule is CC(C)(C)NC(=O)N1CCC(CN2C(=O)CSC2c2ccc(F)cc2)CC1. The third-order valence-corrected chi connectivity index (χ3v) is 6.22. The normalized spacial score (nSPS) is 21.6. The molecule has 2 fully saturated rings. The van der Waals surface area contributed by atoms with E-state index in [-0.39, 0.29) is 28.7 Å². The zero-order valence-corrected chi connectivity index (χ0v) is 17.0. The number of hydrogen-bond donors (Lipinski definition) is 1. The van der Waals surface area contributed by atoms with Gasteiger partial charge >= 0.3 is 6.03 Å². The maximum absolute atomic E-state index is 13.2. The first-order chi connectivity index (χ1) is 12.7. The Morgan fingerprint density at radius 3 is 2.44 bits per heavy atom. The maximum Gasteiger partial charge on any atom is 0.317 e. The zero-order chi connectivity index (χ0) is 19.6. The highest BCUT2D eigenvalue weighted by molar-refractivity contribution is 8.00. The number of benzene rings is 1. The summed E-state index contributed by atoms with van der Waals surface area (Å²) >= 11 is 1.60. The quantitative estimate of drug-likeness (QED) is 0.853. The van der Waals surface area contributed by atoms with E-state index in [0.29, 0.717) is 31.3 Å². The smallest absolute Gasteiger partial charge is 0.317 e. The highest BCUT2D eigenvalue weighted by atomic mass is 32.2. The van der Waals surface area contributed by atoms with E-state index < -0.39 is 0 Å². The van der Waals surface area contributed by atoms with Crippen LogP contribution in [0.4, 0.5) is 9.18 Å². The molecule has 5 nitrogen and oxygen atoms in total. The molecule has 2 aliphatic rings. The van der Waals surface area contributed by atoms with Crippen molar-refractivity contribution in [1.82, 2.24) is 15.1 Å². The van der Waals surface area contributed by atoms with E-state index in [1.54, 1.807) is 23.9 Å². The third-order valence-electron chi connectivity index (χ3n) is 4.96. The molecule has 3 rings (SSSR count). The van der Waals surface area contributed by atoms with E-state index in [1.165, 1.54) is 12.1 Å². The molecular weight excluding hydrogens is 365 g/mol. The highest BCUT2D eigenvalue weighted by Gasteiger charge is 2.35. The van der Waals surface area contributed by atoms with Crippen molar-refractivity contribution in [1.29, 1.82) is 0 Å². The van der Waals surface area contributed by atoms with Crippen molar-refractivity contribution in [3.05, 3.63) is 35.6 Å². The largest absolute Gasteiger partial charge is 0.333 e. The first kappa shape index (κ1) is 20.0. The van der Waals surface area contributed by atoms with Gasteiger partial charge in [0, 0.05) is 25.2 Å². The lowest BCUT2D eigenvalue weighted by atomic mass is 9.96.